The van der Waals surface area contributed by atoms with E-state index in [2.05, 4.69) is 80.3 Å². The number of piperidine rings is 4. The normalized spacial score (nSPS) is 44.8. The summed E-state index contributed by atoms with van der Waals surface area (Å²) in [4.78, 5) is 10.8. The van der Waals surface area contributed by atoms with Crippen LogP contribution in [-0.4, -0.2) is 110 Å². The van der Waals surface area contributed by atoms with E-state index in [-0.39, 0.29) is 10.8 Å². The van der Waals surface area contributed by atoms with Crippen molar-refractivity contribution in [3.05, 3.63) is 71.8 Å². The Hall–Kier alpha value is -2.38. The quantitative estimate of drug-likeness (QED) is 0.632. The third-order valence-corrected chi connectivity index (χ3v) is 10.0. The Kier molecular flexibility index (Phi) is 4.85. The molecule has 36 heavy (non-hydrogen) atoms. The molecule has 0 N–H and O–H groups in total. The van der Waals surface area contributed by atoms with Gasteiger partial charge in [0.2, 0.25) is 0 Å². The van der Waals surface area contributed by atoms with Gasteiger partial charge in [-0.25, -0.2) is 0 Å². The number of nitrogens with zero attached hydrogens (tertiary/aromatic N) is 6. The highest BCUT2D eigenvalue weighted by atomic mass is 15.3. The van der Waals surface area contributed by atoms with Gasteiger partial charge >= 0.3 is 0 Å². The summed E-state index contributed by atoms with van der Waals surface area (Å²) in [5, 5.41) is 10.7. The summed E-state index contributed by atoms with van der Waals surface area (Å²) in [6.45, 7) is 13.5. The lowest BCUT2D eigenvalue weighted by Crippen LogP contribution is -2.64. The fourth-order valence-corrected chi connectivity index (χ4v) is 8.58. The summed E-state index contributed by atoms with van der Waals surface area (Å²) in [7, 11) is 0. The van der Waals surface area contributed by atoms with Crippen LogP contribution in [0.4, 0.5) is 0 Å². The van der Waals surface area contributed by atoms with Crippen molar-refractivity contribution in [3.8, 4) is 0 Å². The Morgan fingerprint density at radius 3 is 1.17 bits per heavy atom. The predicted octanol–water partition coefficient (Wildman–Crippen LogP) is 2.18. The molecule has 8 saturated heterocycles. The van der Waals surface area contributed by atoms with Gasteiger partial charge in [0.05, 0.1) is 22.3 Å². The molecule has 6 heteroatoms. The minimum Gasteiger partial charge on any atom is -0.300 e. The molecule has 10 rings (SSSR count). The van der Waals surface area contributed by atoms with Crippen molar-refractivity contribution in [2.24, 2.45) is 22.0 Å². The zero-order chi connectivity index (χ0) is 23.7. The number of rotatable bonds is 3. The molecule has 2 aromatic carbocycles. The Morgan fingerprint density at radius 2 is 0.833 bits per heavy atom. The van der Waals surface area contributed by atoms with Crippen LogP contribution in [0.1, 0.15) is 11.1 Å². The van der Waals surface area contributed by atoms with Crippen molar-refractivity contribution in [2.45, 2.75) is 10.8 Å². The molecular formula is C30H36N6. The standard InChI is InChI=1S/C30H36N6/c1-3-7-25(8-4-1)29-19-33-11-12-34(20-29)16-23(15-33)27(29)31-32-28-24-17-35-13-14-36(18-24)22-30(28,21-35)26-9-5-2-6-10-26/h1-10,23-24H,11-22H2. The first kappa shape index (κ1) is 21.7. The van der Waals surface area contributed by atoms with E-state index in [1.54, 1.807) is 0 Å². The van der Waals surface area contributed by atoms with Gasteiger partial charge in [-0.05, 0) is 11.1 Å². The van der Waals surface area contributed by atoms with Crippen LogP contribution in [0.3, 0.4) is 0 Å². The van der Waals surface area contributed by atoms with Gasteiger partial charge < -0.3 is 19.6 Å². The molecule has 8 bridgehead atoms. The molecule has 4 unspecified atom stereocenters. The Morgan fingerprint density at radius 1 is 0.500 bits per heavy atom. The second-order valence-electron chi connectivity index (χ2n) is 12.2. The van der Waals surface area contributed by atoms with Gasteiger partial charge in [-0.15, -0.1) is 0 Å². The monoisotopic (exact) mass is 480 g/mol. The van der Waals surface area contributed by atoms with E-state index in [0.29, 0.717) is 11.8 Å². The zero-order valence-corrected chi connectivity index (χ0v) is 21.1. The van der Waals surface area contributed by atoms with Crippen LogP contribution < -0.4 is 0 Å². The van der Waals surface area contributed by atoms with Crippen molar-refractivity contribution >= 4 is 11.4 Å². The topological polar surface area (TPSA) is 37.7 Å². The molecular weight excluding hydrogens is 444 g/mol. The molecule has 8 aliphatic heterocycles. The number of hydrogen-bond donors (Lipinski definition) is 0. The van der Waals surface area contributed by atoms with E-state index in [0.717, 1.165) is 52.4 Å². The maximum absolute atomic E-state index is 5.37. The van der Waals surface area contributed by atoms with Gasteiger partial charge in [-0.3, -0.25) is 0 Å². The van der Waals surface area contributed by atoms with Gasteiger partial charge in [-0.2, -0.15) is 10.2 Å². The molecule has 6 nitrogen and oxygen atoms in total. The highest BCUT2D eigenvalue weighted by Crippen LogP contribution is 2.43. The summed E-state index contributed by atoms with van der Waals surface area (Å²) >= 11 is 0. The van der Waals surface area contributed by atoms with Crippen LogP contribution in [-0.2, 0) is 10.8 Å². The molecule has 0 aliphatic carbocycles. The van der Waals surface area contributed by atoms with E-state index >= 15 is 0 Å². The van der Waals surface area contributed by atoms with Gasteiger partial charge in [-0.1, -0.05) is 60.7 Å². The molecule has 8 heterocycles. The summed E-state index contributed by atoms with van der Waals surface area (Å²) in [6.07, 6.45) is 0. The minimum atomic E-state index is -0.0430. The number of hydrogen-bond acceptors (Lipinski definition) is 6. The molecule has 0 saturated carbocycles. The first-order chi connectivity index (χ1) is 17.7. The number of benzene rings is 2. The zero-order valence-electron chi connectivity index (χ0n) is 21.1. The summed E-state index contributed by atoms with van der Waals surface area (Å²) < 4.78 is 0. The first-order valence-corrected chi connectivity index (χ1v) is 13.9. The molecule has 2 aromatic rings. The highest BCUT2D eigenvalue weighted by Gasteiger charge is 2.55. The third-order valence-electron chi connectivity index (χ3n) is 10.0. The average Bonchev–Trinajstić information content (AvgIpc) is 3.30. The van der Waals surface area contributed by atoms with Crippen LogP contribution in [0.15, 0.2) is 70.9 Å². The SMILES string of the molecule is c1ccc(C23CN4CCN(CC(C4)C2=NN=C2C4CN5CCN(C4)CC2(c2ccccc2)C5)C3)cc1. The molecule has 4 atom stereocenters. The molecule has 0 aromatic heterocycles. The maximum Gasteiger partial charge on any atom is 0.0612 e. The van der Waals surface area contributed by atoms with Crippen LogP contribution in [0.5, 0.6) is 0 Å². The van der Waals surface area contributed by atoms with Crippen LogP contribution >= 0.6 is 0 Å². The van der Waals surface area contributed by atoms with E-state index in [1.807, 2.05) is 0 Å². The fraction of sp³-hybridized carbons (Fsp3) is 0.533. The summed E-state index contributed by atoms with van der Waals surface area (Å²) in [5.41, 5.74) is 5.46. The minimum absolute atomic E-state index is 0.0430. The van der Waals surface area contributed by atoms with Crippen molar-refractivity contribution in [1.82, 2.24) is 19.6 Å². The molecule has 8 aliphatic rings. The van der Waals surface area contributed by atoms with Gasteiger partial charge in [0, 0.05) is 90.4 Å². The lowest BCUT2D eigenvalue weighted by molar-refractivity contribution is 0.161. The van der Waals surface area contributed by atoms with E-state index in [4.69, 9.17) is 10.2 Å². The second kappa shape index (κ2) is 8.06. The fourth-order valence-electron chi connectivity index (χ4n) is 8.58. The molecule has 0 spiro atoms. The smallest absolute Gasteiger partial charge is 0.0612 e. The van der Waals surface area contributed by atoms with E-state index in [9.17, 15) is 0 Å². The summed E-state index contributed by atoms with van der Waals surface area (Å²) in [6, 6.07) is 22.4. The second-order valence-corrected chi connectivity index (χ2v) is 12.2. The molecule has 186 valence electrons. The molecule has 0 amide bonds. The van der Waals surface area contributed by atoms with Crippen molar-refractivity contribution in [2.75, 3.05) is 78.5 Å². The van der Waals surface area contributed by atoms with Crippen LogP contribution in [0.25, 0.3) is 0 Å². The van der Waals surface area contributed by atoms with Crippen LogP contribution in [0.2, 0.25) is 0 Å². The maximum atomic E-state index is 5.37. The third kappa shape index (κ3) is 3.18. The molecule has 8 fully saturated rings. The average molecular weight is 481 g/mol. The van der Waals surface area contributed by atoms with E-state index < -0.39 is 0 Å². The van der Waals surface area contributed by atoms with Crippen LogP contribution in [0, 0.1) is 11.8 Å². The Bertz CT molecular complexity index is 1080. The lowest BCUT2D eigenvalue weighted by Gasteiger charge is -2.51. The predicted molar refractivity (Wildman–Crippen MR) is 144 cm³/mol. The van der Waals surface area contributed by atoms with E-state index in [1.165, 1.54) is 48.7 Å². The van der Waals surface area contributed by atoms with Gasteiger partial charge in [0.15, 0.2) is 0 Å². The summed E-state index contributed by atoms with van der Waals surface area (Å²) in [5.74, 6) is 0.943. The first-order valence-electron chi connectivity index (χ1n) is 13.9. The van der Waals surface area contributed by atoms with Gasteiger partial charge in [0.1, 0.15) is 0 Å². The van der Waals surface area contributed by atoms with Crippen molar-refractivity contribution in [1.29, 1.82) is 0 Å². The largest absolute Gasteiger partial charge is 0.300 e. The van der Waals surface area contributed by atoms with Gasteiger partial charge in [0.25, 0.3) is 0 Å². The lowest BCUT2D eigenvalue weighted by atomic mass is 9.66. The Labute approximate surface area is 214 Å². The number of fused-ring (bicyclic) bond motifs is 2. The Balaban J connectivity index is 1.28. The van der Waals surface area contributed by atoms with Crippen molar-refractivity contribution < 1.29 is 0 Å². The highest BCUT2D eigenvalue weighted by molar-refractivity contribution is 6.02. The van der Waals surface area contributed by atoms with Crippen molar-refractivity contribution in [3.63, 3.8) is 0 Å². The molecule has 0 radical (unpaired) electrons.